The Hall–Kier alpha value is -2.53. The Bertz CT molecular complexity index is 900. The molecule has 0 unspecified atom stereocenters. The molecule has 0 N–H and O–H groups in total. The molecule has 1 heterocycles. The van der Waals surface area contributed by atoms with Gasteiger partial charge in [-0.05, 0) is 60.6 Å². The monoisotopic (exact) mass is 367 g/mol. The Morgan fingerprint density at radius 2 is 1.65 bits per heavy atom. The number of benzene rings is 2. The first kappa shape index (κ1) is 18.3. The quantitative estimate of drug-likeness (QED) is 0.737. The first-order valence-corrected chi connectivity index (χ1v) is 9.44. The molecule has 0 fully saturated rings. The molecule has 2 aromatic rings. The lowest BCUT2D eigenvalue weighted by Crippen LogP contribution is -2.31. The Morgan fingerprint density at radius 3 is 2.23 bits per heavy atom. The van der Waals surface area contributed by atoms with E-state index in [1.807, 2.05) is 51.1 Å². The summed E-state index contributed by atoms with van der Waals surface area (Å²) < 4.78 is 5.19. The van der Waals surface area contributed by atoms with E-state index in [2.05, 4.69) is 0 Å². The third kappa shape index (κ3) is 3.15. The molecule has 0 saturated heterocycles. The minimum absolute atomic E-state index is 0.254. The molecule has 26 heavy (non-hydrogen) atoms. The molecule has 0 atom stereocenters. The summed E-state index contributed by atoms with van der Waals surface area (Å²) in [6.07, 6.45) is 0. The van der Waals surface area contributed by atoms with Gasteiger partial charge in [0.1, 0.15) is 5.75 Å². The zero-order valence-electron chi connectivity index (χ0n) is 15.3. The van der Waals surface area contributed by atoms with Crippen LogP contribution in [0.4, 0.5) is 5.69 Å². The Balaban J connectivity index is 2.07. The zero-order valence-corrected chi connectivity index (χ0v) is 16.1. The van der Waals surface area contributed by atoms with Crippen LogP contribution < -0.4 is 9.64 Å². The third-order valence-corrected chi connectivity index (χ3v) is 5.41. The number of aryl methyl sites for hydroxylation is 2. The summed E-state index contributed by atoms with van der Waals surface area (Å²) in [5.74, 6) is 0.895. The van der Waals surface area contributed by atoms with Gasteiger partial charge in [-0.15, -0.1) is 11.8 Å². The molecule has 2 aromatic carbocycles. The fourth-order valence-corrected chi connectivity index (χ4v) is 3.75. The maximum atomic E-state index is 13.2. The molecule has 0 radical (unpaired) electrons. The fraction of sp³-hybridized carbons (Fsp3) is 0.238. The minimum Gasteiger partial charge on any atom is -0.497 e. The number of hydrogen-bond acceptors (Lipinski definition) is 4. The van der Waals surface area contributed by atoms with Gasteiger partial charge in [-0.3, -0.25) is 9.59 Å². The molecule has 0 bridgehead atoms. The molecular weight excluding hydrogens is 346 g/mol. The van der Waals surface area contributed by atoms with Crippen LogP contribution in [0.5, 0.6) is 5.75 Å². The lowest BCUT2D eigenvalue weighted by atomic mass is 10.1. The van der Waals surface area contributed by atoms with Crippen LogP contribution in [0.3, 0.4) is 0 Å². The number of nitrogens with zero attached hydrogens (tertiary/aromatic N) is 1. The molecule has 1 aliphatic rings. The number of amides is 2. The van der Waals surface area contributed by atoms with E-state index < -0.39 is 0 Å². The summed E-state index contributed by atoms with van der Waals surface area (Å²) in [5, 5.41) is 0. The lowest BCUT2D eigenvalue weighted by molar-refractivity contribution is -0.119. The summed E-state index contributed by atoms with van der Waals surface area (Å²) in [4.78, 5) is 27.9. The maximum absolute atomic E-state index is 13.2. The lowest BCUT2D eigenvalue weighted by Gasteiger charge is -2.16. The molecule has 5 heteroatoms. The van der Waals surface area contributed by atoms with Crippen molar-refractivity contribution < 1.29 is 14.3 Å². The number of ether oxygens (including phenoxy) is 1. The van der Waals surface area contributed by atoms with Crippen LogP contribution in [0, 0.1) is 13.8 Å². The van der Waals surface area contributed by atoms with E-state index >= 15 is 0 Å². The number of methoxy groups -OCH3 is 1. The second-order valence-electron chi connectivity index (χ2n) is 6.08. The van der Waals surface area contributed by atoms with Gasteiger partial charge in [0.2, 0.25) is 0 Å². The van der Waals surface area contributed by atoms with Crippen molar-refractivity contribution in [1.29, 1.82) is 0 Å². The largest absolute Gasteiger partial charge is 0.497 e. The van der Waals surface area contributed by atoms with Crippen LogP contribution in [-0.2, 0) is 9.59 Å². The summed E-state index contributed by atoms with van der Waals surface area (Å²) in [6.45, 7) is 5.95. The molecule has 0 saturated carbocycles. The normalized spacial score (nSPS) is 14.4. The van der Waals surface area contributed by atoms with E-state index in [9.17, 15) is 9.59 Å². The predicted octanol–water partition coefficient (Wildman–Crippen LogP) is 4.35. The van der Waals surface area contributed by atoms with Crippen molar-refractivity contribution in [3.05, 3.63) is 64.1 Å². The molecule has 2 amide bonds. The molecule has 0 aliphatic carbocycles. The van der Waals surface area contributed by atoms with Crippen molar-refractivity contribution in [2.24, 2.45) is 0 Å². The first-order valence-electron chi connectivity index (χ1n) is 8.45. The van der Waals surface area contributed by atoms with Crippen LogP contribution in [0.15, 0.2) is 47.4 Å². The van der Waals surface area contributed by atoms with E-state index in [1.54, 1.807) is 19.2 Å². The second kappa shape index (κ2) is 7.38. The van der Waals surface area contributed by atoms with Crippen LogP contribution in [0.2, 0.25) is 0 Å². The van der Waals surface area contributed by atoms with Gasteiger partial charge >= 0.3 is 0 Å². The van der Waals surface area contributed by atoms with E-state index in [0.717, 1.165) is 22.4 Å². The number of thioether (sulfide) groups is 1. The van der Waals surface area contributed by atoms with Gasteiger partial charge in [0, 0.05) is 0 Å². The third-order valence-electron chi connectivity index (χ3n) is 4.46. The first-order chi connectivity index (χ1) is 12.5. The minimum atomic E-state index is -0.278. The zero-order chi connectivity index (χ0) is 18.8. The Morgan fingerprint density at radius 1 is 0.962 bits per heavy atom. The highest BCUT2D eigenvalue weighted by Gasteiger charge is 2.40. The maximum Gasteiger partial charge on any atom is 0.272 e. The van der Waals surface area contributed by atoms with Crippen molar-refractivity contribution in [2.45, 2.75) is 20.8 Å². The van der Waals surface area contributed by atoms with Gasteiger partial charge in [-0.1, -0.05) is 25.1 Å². The standard InChI is InChI=1S/C21H21NO3S/c1-5-26-19-18(15-7-10-17(25-4)11-8-15)20(23)22(21(19)24)16-9-6-13(2)14(3)12-16/h6-12H,5H2,1-4H3. The van der Waals surface area contributed by atoms with Gasteiger partial charge in [-0.2, -0.15) is 0 Å². The van der Waals surface area contributed by atoms with E-state index in [0.29, 0.717) is 21.9 Å². The van der Waals surface area contributed by atoms with Crippen molar-refractivity contribution in [2.75, 3.05) is 17.8 Å². The SMILES string of the molecule is CCSC1=C(c2ccc(OC)cc2)C(=O)N(c2ccc(C)c(C)c2)C1=O. The topological polar surface area (TPSA) is 46.6 Å². The molecule has 134 valence electrons. The van der Waals surface area contributed by atoms with Gasteiger partial charge in [0.25, 0.3) is 11.8 Å². The van der Waals surface area contributed by atoms with Crippen LogP contribution >= 0.6 is 11.8 Å². The Labute approximate surface area is 157 Å². The fourth-order valence-electron chi connectivity index (χ4n) is 2.90. The van der Waals surface area contributed by atoms with Crippen LogP contribution in [0.1, 0.15) is 23.6 Å². The van der Waals surface area contributed by atoms with E-state index in [1.165, 1.54) is 16.7 Å². The highest BCUT2D eigenvalue weighted by Crippen LogP contribution is 2.39. The van der Waals surface area contributed by atoms with Crippen LogP contribution in [0.25, 0.3) is 5.57 Å². The van der Waals surface area contributed by atoms with E-state index in [-0.39, 0.29) is 11.8 Å². The number of imide groups is 1. The smallest absolute Gasteiger partial charge is 0.272 e. The number of anilines is 1. The van der Waals surface area contributed by atoms with Gasteiger partial charge in [-0.25, -0.2) is 4.90 Å². The van der Waals surface area contributed by atoms with E-state index in [4.69, 9.17) is 4.74 Å². The summed E-state index contributed by atoms with van der Waals surface area (Å²) in [5.41, 5.74) is 3.97. The molecule has 3 rings (SSSR count). The average Bonchev–Trinajstić information content (AvgIpc) is 2.88. The van der Waals surface area contributed by atoms with Crippen molar-refractivity contribution >= 4 is 34.8 Å². The number of carbonyl (C=O) groups is 2. The summed E-state index contributed by atoms with van der Waals surface area (Å²) in [6, 6.07) is 12.9. The molecule has 0 aromatic heterocycles. The highest BCUT2D eigenvalue weighted by molar-refractivity contribution is 8.04. The van der Waals surface area contributed by atoms with Crippen LogP contribution in [-0.4, -0.2) is 24.7 Å². The Kier molecular flexibility index (Phi) is 5.18. The number of hydrogen-bond donors (Lipinski definition) is 0. The average molecular weight is 367 g/mol. The highest BCUT2D eigenvalue weighted by atomic mass is 32.2. The molecule has 1 aliphatic heterocycles. The van der Waals surface area contributed by atoms with Crippen molar-refractivity contribution in [1.82, 2.24) is 0 Å². The van der Waals surface area contributed by atoms with Gasteiger partial charge in [0.05, 0.1) is 23.3 Å². The number of rotatable bonds is 5. The van der Waals surface area contributed by atoms with Gasteiger partial charge < -0.3 is 4.74 Å². The molecular formula is C21H21NO3S. The summed E-state index contributed by atoms with van der Waals surface area (Å²) in [7, 11) is 1.60. The molecule has 4 nitrogen and oxygen atoms in total. The van der Waals surface area contributed by atoms with Crippen molar-refractivity contribution in [3.63, 3.8) is 0 Å². The number of carbonyl (C=O) groups excluding carboxylic acids is 2. The second-order valence-corrected chi connectivity index (χ2v) is 7.35. The van der Waals surface area contributed by atoms with Gasteiger partial charge in [0.15, 0.2) is 0 Å². The molecule has 0 spiro atoms. The predicted molar refractivity (Wildman–Crippen MR) is 106 cm³/mol. The van der Waals surface area contributed by atoms with Crippen molar-refractivity contribution in [3.8, 4) is 5.75 Å². The summed E-state index contributed by atoms with van der Waals surface area (Å²) >= 11 is 1.41.